The Morgan fingerprint density at radius 1 is 1.07 bits per heavy atom. The highest BCUT2D eigenvalue weighted by Gasteiger charge is 2.39. The molecular weight excluding hydrogens is 563 g/mol. The van der Waals surface area contributed by atoms with Crippen molar-refractivity contribution in [2.24, 2.45) is 0 Å². The minimum Gasteiger partial charge on any atom is -0.464 e. The molecule has 0 amide bonds. The number of nitrogens with one attached hydrogen (secondary N) is 1. The number of hydrogen-bond acceptors (Lipinski definition) is 7. The predicted octanol–water partition coefficient (Wildman–Crippen LogP) is 6.69. The first-order valence-electron chi connectivity index (χ1n) is 11.9. The summed E-state index contributed by atoms with van der Waals surface area (Å²) in [6.45, 7) is 1.48. The summed E-state index contributed by atoms with van der Waals surface area (Å²) in [6.07, 6.45) is -5.96. The molecule has 2 aromatic carbocycles. The molecule has 4 aromatic rings. The van der Waals surface area contributed by atoms with E-state index in [-0.39, 0.29) is 29.9 Å². The third kappa shape index (κ3) is 5.34. The number of imidazole rings is 1. The molecule has 1 N–H and O–H groups in total. The SMILES string of the molecule is CCOC(=O)C(c1cc(-c2ccc(C(F)(F)F)cc2C(F)(F)F)no1)n1cnc2c1C=CN(c1ccccc1F)N2. The van der Waals surface area contributed by atoms with Crippen molar-refractivity contribution in [1.29, 1.82) is 0 Å². The highest BCUT2D eigenvalue weighted by atomic mass is 19.4. The Kier molecular flexibility index (Phi) is 6.97. The number of rotatable bonds is 6. The van der Waals surface area contributed by atoms with Gasteiger partial charge in [-0.25, -0.2) is 14.2 Å². The lowest BCUT2D eigenvalue weighted by molar-refractivity contribution is -0.146. The van der Waals surface area contributed by atoms with Crippen LogP contribution in [0.2, 0.25) is 0 Å². The van der Waals surface area contributed by atoms with Gasteiger partial charge in [-0.2, -0.15) is 26.3 Å². The van der Waals surface area contributed by atoms with Crippen molar-refractivity contribution in [3.8, 4) is 11.3 Å². The van der Waals surface area contributed by atoms with Gasteiger partial charge in [-0.3, -0.25) is 10.4 Å². The number of benzene rings is 2. The van der Waals surface area contributed by atoms with Gasteiger partial charge in [0, 0.05) is 17.8 Å². The van der Waals surface area contributed by atoms with Gasteiger partial charge in [0.25, 0.3) is 0 Å². The van der Waals surface area contributed by atoms with Crippen LogP contribution in [0.5, 0.6) is 0 Å². The Morgan fingerprint density at radius 2 is 1.83 bits per heavy atom. The summed E-state index contributed by atoms with van der Waals surface area (Å²) < 4.78 is 106. The zero-order chi connectivity index (χ0) is 29.5. The van der Waals surface area contributed by atoms with Gasteiger partial charge < -0.3 is 13.8 Å². The topological polar surface area (TPSA) is 85.4 Å². The van der Waals surface area contributed by atoms with Gasteiger partial charge in [0.15, 0.2) is 17.6 Å². The minimum atomic E-state index is -5.15. The largest absolute Gasteiger partial charge is 0.464 e. The molecule has 3 heterocycles. The number of hydrazine groups is 1. The van der Waals surface area contributed by atoms with Crippen LogP contribution >= 0.6 is 0 Å². The van der Waals surface area contributed by atoms with E-state index in [4.69, 9.17) is 9.26 Å². The van der Waals surface area contributed by atoms with Gasteiger partial charge in [0.1, 0.15) is 11.5 Å². The third-order valence-corrected chi connectivity index (χ3v) is 6.07. The number of fused-ring (bicyclic) bond motifs is 1. The number of para-hydroxylation sites is 1. The zero-order valence-electron chi connectivity index (χ0n) is 20.8. The average Bonchev–Trinajstić information content (AvgIpc) is 3.56. The molecule has 0 aliphatic carbocycles. The summed E-state index contributed by atoms with van der Waals surface area (Å²) in [6, 6.07) is 6.62. The van der Waals surface area contributed by atoms with E-state index in [1.54, 1.807) is 6.07 Å². The molecule has 1 atom stereocenters. The Labute approximate surface area is 226 Å². The van der Waals surface area contributed by atoms with E-state index in [0.717, 1.165) is 6.07 Å². The molecule has 5 rings (SSSR count). The van der Waals surface area contributed by atoms with Crippen molar-refractivity contribution >= 4 is 23.6 Å². The maximum Gasteiger partial charge on any atom is 0.417 e. The summed E-state index contributed by atoms with van der Waals surface area (Å²) in [5.74, 6) is -1.46. The molecule has 0 radical (unpaired) electrons. The lowest BCUT2D eigenvalue weighted by atomic mass is 10.00. The maximum atomic E-state index is 14.3. The molecule has 0 fully saturated rings. The molecule has 0 spiro atoms. The number of nitrogens with zero attached hydrogens (tertiary/aromatic N) is 4. The number of halogens is 7. The number of aromatic nitrogens is 3. The molecule has 1 aliphatic rings. The molecule has 0 saturated heterocycles. The summed E-state index contributed by atoms with van der Waals surface area (Å²) in [7, 11) is 0. The summed E-state index contributed by atoms with van der Waals surface area (Å²) in [5, 5.41) is 4.97. The lowest BCUT2D eigenvalue weighted by Crippen LogP contribution is -2.29. The fraction of sp³-hybridized carbons (Fsp3) is 0.192. The molecule has 0 saturated carbocycles. The molecule has 2 aromatic heterocycles. The second-order valence-electron chi connectivity index (χ2n) is 8.66. The second kappa shape index (κ2) is 10.3. The van der Waals surface area contributed by atoms with E-state index in [9.17, 15) is 35.5 Å². The van der Waals surface area contributed by atoms with Crippen molar-refractivity contribution in [2.45, 2.75) is 25.3 Å². The van der Waals surface area contributed by atoms with Crippen LogP contribution in [0.1, 0.15) is 35.5 Å². The van der Waals surface area contributed by atoms with Crippen molar-refractivity contribution in [3.63, 3.8) is 0 Å². The van der Waals surface area contributed by atoms with Crippen molar-refractivity contribution < 1.29 is 44.8 Å². The van der Waals surface area contributed by atoms with Crippen LogP contribution < -0.4 is 10.4 Å². The number of anilines is 2. The van der Waals surface area contributed by atoms with Gasteiger partial charge in [-0.1, -0.05) is 23.4 Å². The first kappa shape index (κ1) is 27.7. The van der Waals surface area contributed by atoms with Crippen molar-refractivity contribution in [2.75, 3.05) is 17.0 Å². The standard InChI is InChI=1S/C26H18F7N5O3/c1-2-40-24(39)22(37-13-34-23-20(37)9-10-38(35-23)19-6-4-3-5-17(19)27)21-12-18(36-41-21)15-8-7-14(25(28,29)30)11-16(15)26(31,32)33/h3-13,22,35H,2H2,1H3. The van der Waals surface area contributed by atoms with Crippen LogP contribution in [0.15, 0.2) is 65.6 Å². The van der Waals surface area contributed by atoms with E-state index in [0.29, 0.717) is 17.8 Å². The van der Waals surface area contributed by atoms with Crippen LogP contribution in [0.3, 0.4) is 0 Å². The van der Waals surface area contributed by atoms with E-state index in [1.165, 1.54) is 53.3 Å². The van der Waals surface area contributed by atoms with Crippen molar-refractivity contribution in [1.82, 2.24) is 14.7 Å². The number of alkyl halides is 6. The maximum absolute atomic E-state index is 14.3. The molecule has 214 valence electrons. The molecule has 1 unspecified atom stereocenters. The Morgan fingerprint density at radius 3 is 2.51 bits per heavy atom. The molecule has 1 aliphatic heterocycles. The smallest absolute Gasteiger partial charge is 0.417 e. The number of carbonyl (C=O) groups excluding carboxylic acids is 1. The van der Waals surface area contributed by atoms with Crippen molar-refractivity contribution in [3.05, 3.63) is 89.5 Å². The fourth-order valence-corrected chi connectivity index (χ4v) is 4.22. The highest BCUT2D eigenvalue weighted by molar-refractivity contribution is 5.80. The van der Waals surface area contributed by atoms with E-state index in [2.05, 4.69) is 15.6 Å². The molecule has 41 heavy (non-hydrogen) atoms. The van der Waals surface area contributed by atoms with Gasteiger partial charge in [-0.05, 0) is 37.3 Å². The van der Waals surface area contributed by atoms with E-state index < -0.39 is 52.6 Å². The zero-order valence-corrected chi connectivity index (χ0v) is 20.8. The lowest BCUT2D eigenvalue weighted by Gasteiger charge is -2.26. The normalized spacial score (nSPS) is 14.0. The third-order valence-electron chi connectivity index (χ3n) is 6.07. The molecule has 8 nitrogen and oxygen atoms in total. The van der Waals surface area contributed by atoms with Crippen LogP contribution in [-0.4, -0.2) is 27.3 Å². The summed E-state index contributed by atoms with van der Waals surface area (Å²) in [4.78, 5) is 17.2. The van der Waals surface area contributed by atoms with Gasteiger partial charge in [-0.15, -0.1) is 0 Å². The predicted molar refractivity (Wildman–Crippen MR) is 130 cm³/mol. The Hall–Kier alpha value is -4.82. The van der Waals surface area contributed by atoms with Gasteiger partial charge >= 0.3 is 18.3 Å². The van der Waals surface area contributed by atoms with Gasteiger partial charge in [0.05, 0.1) is 35.4 Å². The molecule has 15 heteroatoms. The second-order valence-corrected chi connectivity index (χ2v) is 8.66. The Balaban J connectivity index is 1.54. The van der Waals surface area contributed by atoms with Crippen LogP contribution in [-0.2, 0) is 21.9 Å². The van der Waals surface area contributed by atoms with Gasteiger partial charge in [0.2, 0.25) is 0 Å². The fourth-order valence-electron chi connectivity index (χ4n) is 4.22. The Bertz CT molecular complexity index is 1620. The molecular formula is C26H18F7N5O3. The summed E-state index contributed by atoms with van der Waals surface area (Å²) in [5.41, 5.74) is -0.839. The molecule has 0 bridgehead atoms. The monoisotopic (exact) mass is 581 g/mol. The highest BCUT2D eigenvalue weighted by Crippen LogP contribution is 2.41. The van der Waals surface area contributed by atoms with E-state index >= 15 is 0 Å². The number of ether oxygens (including phenoxy) is 1. The minimum absolute atomic E-state index is 0.0173. The first-order valence-corrected chi connectivity index (χ1v) is 11.9. The number of carbonyl (C=O) groups is 1. The summed E-state index contributed by atoms with van der Waals surface area (Å²) >= 11 is 0. The van der Waals surface area contributed by atoms with Crippen LogP contribution in [0, 0.1) is 5.82 Å². The first-order chi connectivity index (χ1) is 19.4. The number of esters is 1. The van der Waals surface area contributed by atoms with E-state index in [1.807, 2.05) is 0 Å². The van der Waals surface area contributed by atoms with Crippen LogP contribution in [0.4, 0.5) is 42.2 Å². The average molecular weight is 581 g/mol. The number of hydrogen-bond donors (Lipinski definition) is 1. The van der Waals surface area contributed by atoms with Crippen LogP contribution in [0.25, 0.3) is 17.3 Å². The quantitative estimate of drug-likeness (QED) is 0.201.